The maximum Gasteiger partial charge on any atom is 0.317 e. The zero-order chi connectivity index (χ0) is 7.28. The molecule has 0 radical (unpaired) electrons. The number of thioether (sulfide) groups is 1. The van der Waals surface area contributed by atoms with Crippen molar-refractivity contribution >= 4 is 17.7 Å². The van der Waals surface area contributed by atoms with E-state index in [0.717, 1.165) is 0 Å². The first kappa shape index (κ1) is 8.78. The van der Waals surface area contributed by atoms with E-state index in [2.05, 4.69) is 5.32 Å². The first-order chi connectivity index (χ1) is 4.16. The molecule has 0 aromatic carbocycles. The van der Waals surface area contributed by atoms with Crippen molar-refractivity contribution in [3.63, 3.8) is 0 Å². The lowest BCUT2D eigenvalue weighted by Gasteiger charge is -2.06. The Morgan fingerprint density at radius 1 is 1.89 bits per heavy atom. The molecule has 0 heterocycles. The summed E-state index contributed by atoms with van der Waals surface area (Å²) in [6.07, 6.45) is 1.93. The average molecular weight is 149 g/mol. The maximum absolute atomic E-state index is 9.95. The van der Waals surface area contributed by atoms with E-state index in [4.69, 9.17) is 5.11 Å². The highest BCUT2D eigenvalue weighted by molar-refractivity contribution is 7.99. The first-order valence-corrected chi connectivity index (χ1v) is 3.93. The third-order valence-electron chi connectivity index (χ3n) is 0.894. The van der Waals surface area contributed by atoms with E-state index in [0.29, 0.717) is 0 Å². The number of carbonyl (C=O) groups is 1. The Labute approximate surface area is 58.8 Å². The molecule has 0 saturated carbocycles. The van der Waals surface area contributed by atoms with Crippen molar-refractivity contribution in [2.75, 3.05) is 12.8 Å². The molecular weight excluding hydrogens is 138 g/mol. The summed E-state index contributed by atoms with van der Waals surface area (Å²) < 4.78 is 0. The molecule has 1 unspecified atom stereocenters. The van der Waals surface area contributed by atoms with Crippen LogP contribution in [0.2, 0.25) is 0 Å². The minimum absolute atomic E-state index is 0.0437. The van der Waals surface area contributed by atoms with Crippen LogP contribution < -0.4 is 5.32 Å². The first-order valence-electron chi connectivity index (χ1n) is 2.64. The summed E-state index contributed by atoms with van der Waals surface area (Å²) >= 11 is 1.59. The molecule has 1 atom stereocenters. The lowest BCUT2D eigenvalue weighted by Crippen LogP contribution is -2.28. The van der Waals surface area contributed by atoms with Gasteiger partial charge >= 0.3 is 5.97 Å². The van der Waals surface area contributed by atoms with Crippen LogP contribution in [0.15, 0.2) is 0 Å². The third kappa shape index (κ3) is 5.65. The molecular formula is C5H11NO2S. The van der Waals surface area contributed by atoms with Gasteiger partial charge in [0.2, 0.25) is 0 Å². The van der Waals surface area contributed by atoms with Crippen LogP contribution in [0.3, 0.4) is 0 Å². The van der Waals surface area contributed by atoms with E-state index < -0.39 is 5.97 Å². The fourth-order valence-corrected chi connectivity index (χ4v) is 0.564. The van der Waals surface area contributed by atoms with E-state index in [1.165, 1.54) is 0 Å². The Morgan fingerprint density at radius 3 is 2.78 bits per heavy atom. The van der Waals surface area contributed by atoms with Crippen molar-refractivity contribution < 1.29 is 9.90 Å². The molecule has 9 heavy (non-hydrogen) atoms. The van der Waals surface area contributed by atoms with Gasteiger partial charge in [-0.1, -0.05) is 0 Å². The minimum atomic E-state index is -0.809. The summed E-state index contributed by atoms with van der Waals surface area (Å²) in [4.78, 5) is 9.95. The zero-order valence-electron chi connectivity index (χ0n) is 5.55. The number of hydrogen-bond donors (Lipinski definition) is 2. The molecule has 0 aliphatic heterocycles. The average Bonchev–Trinajstić information content (AvgIpc) is 1.83. The Balaban J connectivity index is 3.16. The van der Waals surface area contributed by atoms with Gasteiger partial charge in [-0.15, -0.1) is 11.8 Å². The van der Waals surface area contributed by atoms with Crippen molar-refractivity contribution in [1.82, 2.24) is 5.32 Å². The minimum Gasteiger partial charge on any atom is -0.480 e. The highest BCUT2D eigenvalue weighted by Gasteiger charge is 1.99. The Hall–Kier alpha value is -0.220. The van der Waals surface area contributed by atoms with Gasteiger partial charge in [0, 0.05) is 0 Å². The molecule has 0 rings (SSSR count). The predicted octanol–water partition coefficient (Wildman–Crippen LogP) is 0.370. The predicted molar refractivity (Wildman–Crippen MR) is 38.6 cm³/mol. The highest BCUT2D eigenvalue weighted by atomic mass is 32.2. The van der Waals surface area contributed by atoms with Gasteiger partial charge in [-0.2, -0.15) is 0 Å². The standard InChI is InChI=1S/C5H11NO2S/c1-4(9-2)6-3-5(7)8/h4,6H,3H2,1-2H3,(H,7,8). The lowest BCUT2D eigenvalue weighted by molar-refractivity contribution is -0.135. The van der Waals surface area contributed by atoms with Gasteiger partial charge in [0.1, 0.15) is 0 Å². The molecule has 4 heteroatoms. The van der Waals surface area contributed by atoms with Crippen LogP contribution in [-0.4, -0.2) is 29.3 Å². The summed E-state index contributed by atoms with van der Waals surface area (Å²) in [6, 6.07) is 0. The SMILES string of the molecule is CSC(C)NCC(=O)O. The van der Waals surface area contributed by atoms with Gasteiger partial charge in [-0.25, -0.2) is 0 Å². The molecule has 3 nitrogen and oxygen atoms in total. The molecule has 0 aromatic heterocycles. The van der Waals surface area contributed by atoms with Crippen molar-refractivity contribution in [3.8, 4) is 0 Å². The normalized spacial score (nSPS) is 13.1. The topological polar surface area (TPSA) is 49.3 Å². The molecule has 54 valence electrons. The van der Waals surface area contributed by atoms with E-state index in [1.54, 1.807) is 11.8 Å². The number of rotatable bonds is 4. The number of hydrogen-bond acceptors (Lipinski definition) is 3. The second-order valence-electron chi connectivity index (χ2n) is 1.65. The van der Waals surface area contributed by atoms with E-state index in [9.17, 15) is 4.79 Å². The third-order valence-corrected chi connectivity index (χ3v) is 1.77. The van der Waals surface area contributed by atoms with E-state index in [1.807, 2.05) is 13.2 Å². The van der Waals surface area contributed by atoms with Crippen LogP contribution in [0.25, 0.3) is 0 Å². The van der Waals surface area contributed by atoms with Gasteiger partial charge in [0.15, 0.2) is 0 Å². The van der Waals surface area contributed by atoms with Crippen molar-refractivity contribution in [2.24, 2.45) is 0 Å². The Morgan fingerprint density at radius 2 is 2.44 bits per heavy atom. The van der Waals surface area contributed by atoms with Gasteiger partial charge in [0.25, 0.3) is 0 Å². The summed E-state index contributed by atoms with van der Waals surface area (Å²) in [5.74, 6) is -0.809. The zero-order valence-corrected chi connectivity index (χ0v) is 6.36. The van der Waals surface area contributed by atoms with Gasteiger partial charge in [-0.3, -0.25) is 10.1 Å². The van der Waals surface area contributed by atoms with Gasteiger partial charge in [0.05, 0.1) is 11.9 Å². The molecule has 0 aliphatic carbocycles. The van der Waals surface area contributed by atoms with E-state index in [-0.39, 0.29) is 11.9 Å². The molecule has 2 N–H and O–H groups in total. The highest BCUT2D eigenvalue weighted by Crippen LogP contribution is 1.98. The van der Waals surface area contributed by atoms with Crippen LogP contribution in [0.1, 0.15) is 6.92 Å². The number of nitrogens with one attached hydrogen (secondary N) is 1. The van der Waals surface area contributed by atoms with Crippen LogP contribution in [0.5, 0.6) is 0 Å². The number of carboxylic acids is 1. The summed E-state index contributed by atoms with van der Waals surface area (Å²) in [6.45, 7) is 1.97. The van der Waals surface area contributed by atoms with Gasteiger partial charge < -0.3 is 5.11 Å². The molecule has 0 bridgehead atoms. The monoisotopic (exact) mass is 149 g/mol. The number of carboxylic acid groups (broad SMARTS) is 1. The fourth-order valence-electron chi connectivity index (χ4n) is 0.314. The molecule has 0 aliphatic rings. The molecule has 0 aromatic rings. The number of aliphatic carboxylic acids is 1. The van der Waals surface area contributed by atoms with Crippen molar-refractivity contribution in [3.05, 3.63) is 0 Å². The Kier molecular flexibility index (Phi) is 4.53. The molecule has 0 saturated heterocycles. The quantitative estimate of drug-likeness (QED) is 0.567. The molecule has 0 spiro atoms. The van der Waals surface area contributed by atoms with Crippen LogP contribution in [0, 0.1) is 0 Å². The maximum atomic E-state index is 9.95. The smallest absolute Gasteiger partial charge is 0.317 e. The van der Waals surface area contributed by atoms with Crippen LogP contribution in [0.4, 0.5) is 0 Å². The molecule has 0 amide bonds. The summed E-state index contributed by atoms with van der Waals surface area (Å²) in [5, 5.41) is 11.2. The van der Waals surface area contributed by atoms with Gasteiger partial charge in [-0.05, 0) is 13.2 Å². The Bertz CT molecular complexity index is 97.0. The summed E-state index contributed by atoms with van der Waals surface area (Å²) in [5.41, 5.74) is 0. The lowest BCUT2D eigenvalue weighted by atomic mass is 10.6. The van der Waals surface area contributed by atoms with Crippen molar-refractivity contribution in [2.45, 2.75) is 12.3 Å². The molecule has 0 fully saturated rings. The van der Waals surface area contributed by atoms with Crippen LogP contribution in [-0.2, 0) is 4.79 Å². The second-order valence-corrected chi connectivity index (χ2v) is 2.83. The largest absolute Gasteiger partial charge is 0.480 e. The fraction of sp³-hybridized carbons (Fsp3) is 0.800. The second kappa shape index (κ2) is 4.64. The van der Waals surface area contributed by atoms with Crippen molar-refractivity contribution in [1.29, 1.82) is 0 Å². The summed E-state index contributed by atoms with van der Waals surface area (Å²) in [7, 11) is 0. The van der Waals surface area contributed by atoms with E-state index >= 15 is 0 Å². The van der Waals surface area contributed by atoms with Crippen LogP contribution >= 0.6 is 11.8 Å².